The highest BCUT2D eigenvalue weighted by Gasteiger charge is 2.20. The van der Waals surface area contributed by atoms with Crippen LogP contribution in [0.3, 0.4) is 0 Å². The molecule has 20 heavy (non-hydrogen) atoms. The molecule has 1 heterocycles. The van der Waals surface area contributed by atoms with E-state index < -0.39 is 0 Å². The van der Waals surface area contributed by atoms with Crippen LogP contribution in [0.25, 0.3) is 10.9 Å². The number of halogens is 1. The van der Waals surface area contributed by atoms with Gasteiger partial charge < -0.3 is 14.6 Å². The van der Waals surface area contributed by atoms with E-state index in [0.29, 0.717) is 0 Å². The number of aromatic nitrogens is 1. The summed E-state index contributed by atoms with van der Waals surface area (Å²) in [6.07, 6.45) is 5.91. The SMILES string of the molecule is COCCCn1cc(CNC2CC2)c2cc(Cl)ccc21. The van der Waals surface area contributed by atoms with Gasteiger partial charge in [0.05, 0.1) is 0 Å². The van der Waals surface area contributed by atoms with Crippen LogP contribution < -0.4 is 5.32 Å². The summed E-state index contributed by atoms with van der Waals surface area (Å²) in [5, 5.41) is 5.66. The largest absolute Gasteiger partial charge is 0.385 e. The highest BCUT2D eigenvalue weighted by molar-refractivity contribution is 6.31. The van der Waals surface area contributed by atoms with E-state index in [1.165, 1.54) is 29.3 Å². The first-order chi connectivity index (χ1) is 9.78. The third kappa shape index (κ3) is 3.17. The summed E-state index contributed by atoms with van der Waals surface area (Å²) < 4.78 is 7.46. The van der Waals surface area contributed by atoms with Crippen molar-refractivity contribution < 1.29 is 4.74 Å². The number of hydrogen-bond acceptors (Lipinski definition) is 2. The number of fused-ring (bicyclic) bond motifs is 1. The lowest BCUT2D eigenvalue weighted by atomic mass is 10.2. The van der Waals surface area contributed by atoms with E-state index in [-0.39, 0.29) is 0 Å². The maximum atomic E-state index is 6.15. The maximum Gasteiger partial charge on any atom is 0.0484 e. The third-order valence-electron chi connectivity index (χ3n) is 3.83. The van der Waals surface area contributed by atoms with E-state index in [1.54, 1.807) is 7.11 Å². The first kappa shape index (κ1) is 13.9. The van der Waals surface area contributed by atoms with Gasteiger partial charge in [0.25, 0.3) is 0 Å². The van der Waals surface area contributed by atoms with Crippen LogP contribution >= 0.6 is 11.6 Å². The van der Waals surface area contributed by atoms with E-state index in [9.17, 15) is 0 Å². The molecule has 1 saturated carbocycles. The van der Waals surface area contributed by atoms with Crippen LogP contribution in [-0.4, -0.2) is 24.3 Å². The van der Waals surface area contributed by atoms with Crippen molar-refractivity contribution in [2.24, 2.45) is 0 Å². The smallest absolute Gasteiger partial charge is 0.0484 e. The summed E-state index contributed by atoms with van der Waals surface area (Å²) in [6, 6.07) is 6.88. The molecule has 2 aromatic rings. The van der Waals surface area contributed by atoms with Gasteiger partial charge in [-0.15, -0.1) is 0 Å². The zero-order chi connectivity index (χ0) is 13.9. The molecule has 1 aliphatic rings. The van der Waals surface area contributed by atoms with Crippen LogP contribution in [0.2, 0.25) is 5.02 Å². The predicted molar refractivity (Wildman–Crippen MR) is 83.3 cm³/mol. The molecule has 0 radical (unpaired) electrons. The van der Waals surface area contributed by atoms with E-state index in [1.807, 2.05) is 6.07 Å². The van der Waals surface area contributed by atoms with Gasteiger partial charge in [0.1, 0.15) is 0 Å². The second-order valence-corrected chi connectivity index (χ2v) is 5.95. The van der Waals surface area contributed by atoms with Crippen molar-refractivity contribution in [1.29, 1.82) is 0 Å². The van der Waals surface area contributed by atoms with Gasteiger partial charge in [-0.3, -0.25) is 0 Å². The third-order valence-corrected chi connectivity index (χ3v) is 4.07. The minimum atomic E-state index is 0.723. The highest BCUT2D eigenvalue weighted by atomic mass is 35.5. The topological polar surface area (TPSA) is 26.2 Å². The summed E-state index contributed by atoms with van der Waals surface area (Å²) in [5.74, 6) is 0. The van der Waals surface area contributed by atoms with Crippen molar-refractivity contribution in [3.05, 3.63) is 35.0 Å². The lowest BCUT2D eigenvalue weighted by Gasteiger charge is -2.04. The number of rotatable bonds is 7. The Bertz CT molecular complexity index is 589. The first-order valence-electron chi connectivity index (χ1n) is 7.27. The van der Waals surface area contributed by atoms with Crippen LogP contribution in [0.1, 0.15) is 24.8 Å². The molecule has 4 heteroatoms. The van der Waals surface area contributed by atoms with E-state index in [0.717, 1.165) is 37.2 Å². The molecule has 1 aliphatic carbocycles. The van der Waals surface area contributed by atoms with Gasteiger partial charge >= 0.3 is 0 Å². The van der Waals surface area contributed by atoms with E-state index in [4.69, 9.17) is 16.3 Å². The van der Waals surface area contributed by atoms with Crippen LogP contribution in [-0.2, 0) is 17.8 Å². The lowest BCUT2D eigenvalue weighted by molar-refractivity contribution is 0.190. The van der Waals surface area contributed by atoms with Crippen LogP contribution in [0, 0.1) is 0 Å². The van der Waals surface area contributed by atoms with Crippen molar-refractivity contribution in [3.8, 4) is 0 Å². The van der Waals surface area contributed by atoms with Crippen molar-refractivity contribution >= 4 is 22.5 Å². The molecule has 3 nitrogen and oxygen atoms in total. The number of hydrogen-bond donors (Lipinski definition) is 1. The van der Waals surface area contributed by atoms with Crippen LogP contribution in [0.15, 0.2) is 24.4 Å². The molecule has 0 amide bonds. The predicted octanol–water partition coefficient (Wildman–Crippen LogP) is 3.58. The molecule has 108 valence electrons. The Morgan fingerprint density at radius 2 is 2.25 bits per heavy atom. The molecule has 1 aromatic heterocycles. The molecule has 0 aliphatic heterocycles. The summed E-state index contributed by atoms with van der Waals surface area (Å²) in [7, 11) is 1.75. The normalized spacial score (nSPS) is 15.1. The van der Waals surface area contributed by atoms with Crippen LogP contribution in [0.5, 0.6) is 0 Å². The average molecular weight is 293 g/mol. The Morgan fingerprint density at radius 1 is 1.40 bits per heavy atom. The number of nitrogens with one attached hydrogen (secondary N) is 1. The van der Waals surface area contributed by atoms with Crippen molar-refractivity contribution in [2.45, 2.75) is 38.4 Å². The van der Waals surface area contributed by atoms with Gasteiger partial charge in [-0.1, -0.05) is 11.6 Å². The Morgan fingerprint density at radius 3 is 3.00 bits per heavy atom. The minimum Gasteiger partial charge on any atom is -0.385 e. The molecule has 0 atom stereocenters. The molecule has 0 bridgehead atoms. The van der Waals surface area contributed by atoms with Crippen molar-refractivity contribution in [1.82, 2.24) is 9.88 Å². The number of nitrogens with zero attached hydrogens (tertiary/aromatic N) is 1. The lowest BCUT2D eigenvalue weighted by Crippen LogP contribution is -2.14. The molecular weight excluding hydrogens is 272 g/mol. The van der Waals surface area contributed by atoms with Gasteiger partial charge in [-0.2, -0.15) is 0 Å². The van der Waals surface area contributed by atoms with Gasteiger partial charge in [0, 0.05) is 55.0 Å². The number of ether oxygens (including phenoxy) is 1. The summed E-state index contributed by atoms with van der Waals surface area (Å²) in [6.45, 7) is 2.71. The highest BCUT2D eigenvalue weighted by Crippen LogP contribution is 2.26. The maximum absolute atomic E-state index is 6.15. The molecule has 1 aromatic carbocycles. The summed E-state index contributed by atoms with van der Waals surface area (Å²) in [4.78, 5) is 0. The summed E-state index contributed by atoms with van der Waals surface area (Å²) in [5.41, 5.74) is 2.60. The fraction of sp³-hybridized carbons (Fsp3) is 0.500. The molecule has 3 rings (SSSR count). The van der Waals surface area contributed by atoms with E-state index in [2.05, 4.69) is 28.2 Å². The quantitative estimate of drug-likeness (QED) is 0.790. The molecule has 0 spiro atoms. The molecule has 1 N–H and O–H groups in total. The van der Waals surface area contributed by atoms with Gasteiger partial charge in [0.2, 0.25) is 0 Å². The monoisotopic (exact) mass is 292 g/mol. The fourth-order valence-corrected chi connectivity index (χ4v) is 2.76. The molecule has 0 unspecified atom stereocenters. The standard InChI is InChI=1S/C16H21ClN2O/c1-20-8-2-7-19-11-12(10-18-14-4-5-14)15-9-13(17)3-6-16(15)19/h3,6,9,11,14,18H,2,4-5,7-8,10H2,1H3. The first-order valence-corrected chi connectivity index (χ1v) is 7.65. The number of methoxy groups -OCH3 is 1. The Labute approximate surface area is 124 Å². The van der Waals surface area contributed by atoms with E-state index >= 15 is 0 Å². The number of benzene rings is 1. The Hall–Kier alpha value is -1.03. The van der Waals surface area contributed by atoms with Gasteiger partial charge in [0.15, 0.2) is 0 Å². The molecule has 0 saturated heterocycles. The number of aryl methyl sites for hydroxylation is 1. The molecule has 1 fully saturated rings. The average Bonchev–Trinajstić information content (AvgIpc) is 3.21. The van der Waals surface area contributed by atoms with Crippen molar-refractivity contribution in [2.75, 3.05) is 13.7 Å². The Balaban J connectivity index is 1.84. The fourth-order valence-electron chi connectivity index (χ4n) is 2.59. The van der Waals surface area contributed by atoms with Crippen molar-refractivity contribution in [3.63, 3.8) is 0 Å². The zero-order valence-corrected chi connectivity index (χ0v) is 12.6. The minimum absolute atomic E-state index is 0.723. The zero-order valence-electron chi connectivity index (χ0n) is 11.9. The second-order valence-electron chi connectivity index (χ2n) is 5.51. The Kier molecular flexibility index (Phi) is 4.29. The molecular formula is C16H21ClN2O. The summed E-state index contributed by atoms with van der Waals surface area (Å²) >= 11 is 6.15. The van der Waals surface area contributed by atoms with Crippen LogP contribution in [0.4, 0.5) is 0 Å². The van der Waals surface area contributed by atoms with Gasteiger partial charge in [-0.05, 0) is 43.0 Å². The van der Waals surface area contributed by atoms with Gasteiger partial charge in [-0.25, -0.2) is 0 Å². The second kappa shape index (κ2) is 6.17.